The first kappa shape index (κ1) is 29.2. The molecule has 30 heavy (non-hydrogen) atoms. The van der Waals surface area contributed by atoms with Crippen LogP contribution in [0.4, 0.5) is 4.79 Å². The van der Waals surface area contributed by atoms with Gasteiger partial charge in [0, 0.05) is 25.2 Å². The average molecular weight is 559 g/mol. The number of aryl methyl sites for hydroxylation is 1. The molecule has 2 heterocycles. The summed E-state index contributed by atoms with van der Waals surface area (Å²) in [6, 6.07) is 0.587. The number of methoxy groups -OCH3 is 1. The van der Waals surface area contributed by atoms with Crippen LogP contribution in [0.1, 0.15) is 26.3 Å². The van der Waals surface area contributed by atoms with Gasteiger partial charge in [0.1, 0.15) is 11.6 Å². The molecule has 0 aliphatic rings. The van der Waals surface area contributed by atoms with Crippen molar-refractivity contribution in [2.45, 2.75) is 38.8 Å². The fraction of sp³-hybridized carbons (Fsp3) is 0.421. The Morgan fingerprint density at radius 3 is 2.50 bits per heavy atom. The van der Waals surface area contributed by atoms with Crippen LogP contribution in [0.25, 0.3) is 0 Å². The molecule has 0 saturated carbocycles. The van der Waals surface area contributed by atoms with Gasteiger partial charge in [0.15, 0.2) is 5.75 Å². The Morgan fingerprint density at radius 1 is 1.30 bits per heavy atom. The number of ether oxygens (including phenoxy) is 3. The molecule has 2 aromatic rings. The van der Waals surface area contributed by atoms with Gasteiger partial charge in [-0.3, -0.25) is 4.68 Å². The second-order valence-electron chi connectivity index (χ2n) is 7.00. The summed E-state index contributed by atoms with van der Waals surface area (Å²) in [4.78, 5) is 28.4. The monoisotopic (exact) mass is 558 g/mol. The number of carbonyl (C=O) groups is 2. The Bertz CT molecular complexity index is 854. The molecule has 0 fully saturated rings. The Balaban J connectivity index is 0.00000420. The minimum absolute atomic E-state index is 0. The molecule has 1 unspecified atom stereocenters. The van der Waals surface area contributed by atoms with Crippen LogP contribution in [-0.2, 0) is 27.7 Å². The molecule has 160 valence electrons. The van der Waals surface area contributed by atoms with Crippen LogP contribution in [0.15, 0.2) is 24.7 Å². The molecule has 0 aliphatic heterocycles. The Kier molecular flexibility index (Phi) is 12.6. The van der Waals surface area contributed by atoms with Gasteiger partial charge >= 0.3 is 81.0 Å². The predicted octanol–water partition coefficient (Wildman–Crippen LogP) is 0.324. The van der Waals surface area contributed by atoms with E-state index in [0.29, 0.717) is 16.3 Å². The molecule has 2 aromatic heterocycles. The standard InChI is InChI=1S/C18H23ClN4O5.CH3.Cs/c1-18(2,3)28-17(25)22-14(16(24)26-5)7-11-6-12(19)8-20-15(11)27-13-9-21-23(4)10-13;;/h6,8-10,14H,7H2,1-5H3,(H,22,25);1H3;/q;-1;+1. The third kappa shape index (κ3) is 9.58. The SMILES string of the molecule is COC(=O)C(Cc1cc(Cl)cnc1Oc1cnn(C)c1)NC(=O)OC(C)(C)C.[CH3-].[Cs+]. The first-order valence-corrected chi connectivity index (χ1v) is 8.83. The zero-order valence-electron chi connectivity index (χ0n) is 18.4. The number of hydrogen-bond donors (Lipinski definition) is 1. The number of carbonyl (C=O) groups excluding carboxylic acids is 2. The van der Waals surface area contributed by atoms with Crippen LogP contribution >= 0.6 is 11.6 Å². The summed E-state index contributed by atoms with van der Waals surface area (Å²) >= 11 is 6.05. The molecule has 1 N–H and O–H groups in total. The minimum atomic E-state index is -1.02. The topological polar surface area (TPSA) is 105 Å². The number of pyridine rings is 1. The number of nitrogens with one attached hydrogen (secondary N) is 1. The maximum atomic E-state index is 12.2. The zero-order chi connectivity index (χ0) is 20.9. The quantitative estimate of drug-likeness (QED) is 0.402. The molecule has 11 heteroatoms. The van der Waals surface area contributed by atoms with E-state index in [-0.39, 0.29) is 88.6 Å². The van der Waals surface area contributed by atoms with E-state index in [2.05, 4.69) is 15.4 Å². The van der Waals surface area contributed by atoms with Gasteiger partial charge in [-0.05, 0) is 26.8 Å². The Morgan fingerprint density at radius 2 is 1.97 bits per heavy atom. The average Bonchev–Trinajstić information content (AvgIpc) is 2.99. The Hall–Kier alpha value is -0.758. The Labute approximate surface area is 240 Å². The van der Waals surface area contributed by atoms with Crippen LogP contribution < -0.4 is 78.9 Å². The van der Waals surface area contributed by atoms with Crippen molar-refractivity contribution in [1.29, 1.82) is 0 Å². The summed E-state index contributed by atoms with van der Waals surface area (Å²) < 4.78 is 17.3. The maximum absolute atomic E-state index is 12.2. The summed E-state index contributed by atoms with van der Waals surface area (Å²) in [6.07, 6.45) is 3.90. The number of aromatic nitrogens is 3. The van der Waals surface area contributed by atoms with Crippen molar-refractivity contribution in [2.24, 2.45) is 7.05 Å². The number of halogens is 1. The molecule has 1 amide bonds. The van der Waals surface area contributed by atoms with Gasteiger partial charge in [-0.15, -0.1) is 0 Å². The largest absolute Gasteiger partial charge is 1.00 e. The molecule has 0 saturated heterocycles. The van der Waals surface area contributed by atoms with Gasteiger partial charge in [-0.25, -0.2) is 14.6 Å². The van der Waals surface area contributed by atoms with Crippen molar-refractivity contribution in [3.8, 4) is 11.6 Å². The number of amides is 1. The van der Waals surface area contributed by atoms with Crippen LogP contribution in [0.2, 0.25) is 5.02 Å². The molecule has 0 radical (unpaired) electrons. The zero-order valence-corrected chi connectivity index (χ0v) is 25.4. The van der Waals surface area contributed by atoms with Crippen molar-refractivity contribution >= 4 is 23.7 Å². The normalized spacial score (nSPS) is 11.4. The van der Waals surface area contributed by atoms with E-state index in [0.717, 1.165) is 0 Å². The van der Waals surface area contributed by atoms with Crippen LogP contribution in [0.3, 0.4) is 0 Å². The molecular formula is C19H26ClCsN4O5. The third-order valence-corrected chi connectivity index (χ3v) is 3.60. The van der Waals surface area contributed by atoms with Gasteiger partial charge in [0.05, 0.1) is 24.5 Å². The number of hydrogen-bond acceptors (Lipinski definition) is 7. The molecule has 0 aliphatic carbocycles. The summed E-state index contributed by atoms with van der Waals surface area (Å²) in [5, 5.41) is 6.89. The third-order valence-electron chi connectivity index (χ3n) is 3.39. The number of esters is 1. The maximum Gasteiger partial charge on any atom is 1.00 e. The van der Waals surface area contributed by atoms with Gasteiger partial charge < -0.3 is 27.0 Å². The van der Waals surface area contributed by atoms with Crippen molar-refractivity contribution in [2.75, 3.05) is 7.11 Å². The fourth-order valence-electron chi connectivity index (χ4n) is 2.28. The minimum Gasteiger partial charge on any atom is -0.467 e. The van der Waals surface area contributed by atoms with Gasteiger partial charge in [0.25, 0.3) is 0 Å². The second-order valence-corrected chi connectivity index (χ2v) is 7.43. The summed E-state index contributed by atoms with van der Waals surface area (Å²) in [5.74, 6) is 0.0590. The fourth-order valence-corrected chi connectivity index (χ4v) is 2.46. The van der Waals surface area contributed by atoms with Crippen LogP contribution in [0, 0.1) is 7.43 Å². The molecule has 0 aromatic carbocycles. The van der Waals surface area contributed by atoms with Crippen molar-refractivity contribution in [1.82, 2.24) is 20.1 Å². The van der Waals surface area contributed by atoms with Gasteiger partial charge in [0.2, 0.25) is 5.88 Å². The van der Waals surface area contributed by atoms with Crippen molar-refractivity contribution < 1.29 is 92.7 Å². The smallest absolute Gasteiger partial charge is 0.467 e. The summed E-state index contributed by atoms with van der Waals surface area (Å²) in [7, 11) is 2.98. The van der Waals surface area contributed by atoms with E-state index in [9.17, 15) is 9.59 Å². The second kappa shape index (κ2) is 12.9. The van der Waals surface area contributed by atoms with E-state index in [1.54, 1.807) is 44.8 Å². The number of alkyl carbamates (subject to hydrolysis) is 1. The molecule has 2 rings (SSSR count). The molecule has 9 nitrogen and oxygen atoms in total. The van der Waals surface area contributed by atoms with E-state index >= 15 is 0 Å². The van der Waals surface area contributed by atoms with E-state index in [1.807, 2.05) is 0 Å². The van der Waals surface area contributed by atoms with Crippen LogP contribution in [-0.4, -0.2) is 45.6 Å². The van der Waals surface area contributed by atoms with Crippen molar-refractivity contribution in [3.05, 3.63) is 42.7 Å². The first-order valence-electron chi connectivity index (χ1n) is 8.45. The van der Waals surface area contributed by atoms with E-state index in [1.165, 1.54) is 19.5 Å². The van der Waals surface area contributed by atoms with Crippen molar-refractivity contribution in [3.63, 3.8) is 0 Å². The molecule has 0 bridgehead atoms. The predicted molar refractivity (Wildman–Crippen MR) is 108 cm³/mol. The number of rotatable bonds is 6. The van der Waals surface area contributed by atoms with E-state index < -0.39 is 23.7 Å². The van der Waals surface area contributed by atoms with Gasteiger partial charge in [-0.1, -0.05) is 11.6 Å². The molecule has 0 spiro atoms. The van der Waals surface area contributed by atoms with E-state index in [4.69, 9.17) is 25.8 Å². The van der Waals surface area contributed by atoms with Crippen LogP contribution in [0.5, 0.6) is 11.6 Å². The summed E-state index contributed by atoms with van der Waals surface area (Å²) in [6.45, 7) is 5.17. The van der Waals surface area contributed by atoms with Gasteiger partial charge in [-0.2, -0.15) is 5.10 Å². The number of nitrogens with zero attached hydrogens (tertiary/aromatic N) is 3. The molecule has 1 atom stereocenters. The summed E-state index contributed by atoms with van der Waals surface area (Å²) in [5.41, 5.74) is -0.209. The first-order chi connectivity index (χ1) is 13.1. The molecular weight excluding hydrogens is 533 g/mol.